The van der Waals surface area contributed by atoms with Crippen molar-refractivity contribution in [3.63, 3.8) is 0 Å². The Labute approximate surface area is 139 Å². The maximum Gasteiger partial charge on any atom is 0.248 e. The Morgan fingerprint density at radius 3 is 2.79 bits per heavy atom. The number of hydrogen-bond donors (Lipinski definition) is 2. The van der Waals surface area contributed by atoms with Crippen LogP contribution in [0.2, 0.25) is 0 Å². The molecule has 2 aromatic carbocycles. The monoisotopic (exact) mass is 319 g/mol. The quantitative estimate of drug-likeness (QED) is 0.725. The molecule has 5 nitrogen and oxygen atoms in total. The number of rotatable bonds is 4. The van der Waals surface area contributed by atoms with Crippen LogP contribution in [-0.2, 0) is 11.4 Å². The molecule has 0 unspecified atom stereocenters. The van der Waals surface area contributed by atoms with Crippen molar-refractivity contribution >= 4 is 28.7 Å². The molecule has 3 rings (SSSR count). The summed E-state index contributed by atoms with van der Waals surface area (Å²) in [5.41, 5.74) is 4.58. The SMILES string of the molecule is Cc1ccc(CO)cc1NC(=O)/C=C/c1cnc2ccccc2n1. The largest absolute Gasteiger partial charge is 0.392 e. The molecule has 1 amide bonds. The number of anilines is 1. The lowest BCUT2D eigenvalue weighted by Crippen LogP contribution is -2.09. The molecule has 0 radical (unpaired) electrons. The molecule has 0 saturated carbocycles. The smallest absolute Gasteiger partial charge is 0.248 e. The Kier molecular flexibility index (Phi) is 4.63. The van der Waals surface area contributed by atoms with Crippen molar-refractivity contribution < 1.29 is 9.90 Å². The molecule has 1 heterocycles. The van der Waals surface area contributed by atoms with Crippen molar-refractivity contribution in [3.05, 3.63) is 71.6 Å². The molecular formula is C19H17N3O2. The first-order chi connectivity index (χ1) is 11.7. The molecule has 3 aromatic rings. The number of carbonyl (C=O) groups excluding carboxylic acids is 1. The fourth-order valence-electron chi connectivity index (χ4n) is 2.29. The van der Waals surface area contributed by atoms with E-state index in [2.05, 4.69) is 15.3 Å². The van der Waals surface area contributed by atoms with Gasteiger partial charge in [-0.05, 0) is 42.3 Å². The number of para-hydroxylation sites is 2. The summed E-state index contributed by atoms with van der Waals surface area (Å²) in [6.07, 6.45) is 4.67. The molecule has 0 spiro atoms. The van der Waals surface area contributed by atoms with Crippen LogP contribution in [-0.4, -0.2) is 21.0 Å². The topological polar surface area (TPSA) is 75.1 Å². The van der Waals surface area contributed by atoms with E-state index in [0.29, 0.717) is 11.4 Å². The van der Waals surface area contributed by atoms with Crippen LogP contribution in [0.25, 0.3) is 17.1 Å². The first kappa shape index (κ1) is 15.8. The van der Waals surface area contributed by atoms with Crippen molar-refractivity contribution in [1.82, 2.24) is 9.97 Å². The molecule has 0 saturated heterocycles. The zero-order chi connectivity index (χ0) is 16.9. The maximum atomic E-state index is 12.1. The van der Waals surface area contributed by atoms with Crippen molar-refractivity contribution in [1.29, 1.82) is 0 Å². The summed E-state index contributed by atoms with van der Waals surface area (Å²) in [7, 11) is 0. The molecule has 0 atom stereocenters. The molecule has 24 heavy (non-hydrogen) atoms. The van der Waals surface area contributed by atoms with Gasteiger partial charge in [0.15, 0.2) is 0 Å². The summed E-state index contributed by atoms with van der Waals surface area (Å²) >= 11 is 0. The van der Waals surface area contributed by atoms with E-state index < -0.39 is 0 Å². The molecule has 1 aromatic heterocycles. The van der Waals surface area contributed by atoms with Crippen LogP contribution in [0.5, 0.6) is 0 Å². The number of aryl methyl sites for hydroxylation is 1. The molecule has 120 valence electrons. The minimum absolute atomic E-state index is 0.0638. The molecule has 0 bridgehead atoms. The predicted octanol–water partition coefficient (Wildman–Crippen LogP) is 3.08. The number of aromatic nitrogens is 2. The summed E-state index contributed by atoms with van der Waals surface area (Å²) in [6.45, 7) is 1.83. The van der Waals surface area contributed by atoms with E-state index in [1.807, 2.05) is 43.3 Å². The highest BCUT2D eigenvalue weighted by atomic mass is 16.3. The zero-order valence-electron chi connectivity index (χ0n) is 13.2. The highest BCUT2D eigenvalue weighted by Crippen LogP contribution is 2.17. The number of amides is 1. The first-order valence-corrected chi connectivity index (χ1v) is 7.57. The third kappa shape index (κ3) is 3.64. The first-order valence-electron chi connectivity index (χ1n) is 7.57. The number of carbonyl (C=O) groups is 1. The Morgan fingerprint density at radius 2 is 2.00 bits per heavy atom. The summed E-state index contributed by atoms with van der Waals surface area (Å²) in [5.74, 6) is -0.261. The molecule has 2 N–H and O–H groups in total. The number of benzene rings is 2. The van der Waals surface area contributed by atoms with Gasteiger partial charge < -0.3 is 10.4 Å². The number of aliphatic hydroxyl groups excluding tert-OH is 1. The highest BCUT2D eigenvalue weighted by Gasteiger charge is 2.03. The standard InChI is InChI=1S/C19H17N3O2/c1-13-6-7-14(12-23)10-18(13)22-19(24)9-8-15-11-20-16-4-2-3-5-17(16)21-15/h2-11,23H,12H2,1H3,(H,22,24)/b9-8+. The van der Waals surface area contributed by atoms with Gasteiger partial charge >= 0.3 is 0 Å². The fraction of sp³-hybridized carbons (Fsp3) is 0.105. The van der Waals surface area contributed by atoms with Gasteiger partial charge in [-0.2, -0.15) is 0 Å². The normalized spacial score (nSPS) is 11.1. The lowest BCUT2D eigenvalue weighted by Gasteiger charge is -2.08. The van der Waals surface area contributed by atoms with E-state index in [0.717, 1.165) is 22.2 Å². The fourth-order valence-corrected chi connectivity index (χ4v) is 2.29. The second kappa shape index (κ2) is 7.02. The minimum atomic E-state index is -0.261. The lowest BCUT2D eigenvalue weighted by molar-refractivity contribution is -0.111. The van der Waals surface area contributed by atoms with E-state index in [1.54, 1.807) is 18.3 Å². The number of nitrogens with zero attached hydrogens (tertiary/aromatic N) is 2. The minimum Gasteiger partial charge on any atom is -0.392 e. The van der Waals surface area contributed by atoms with Gasteiger partial charge in [0.2, 0.25) is 5.91 Å². The van der Waals surface area contributed by atoms with Crippen LogP contribution in [0.4, 0.5) is 5.69 Å². The third-order valence-corrected chi connectivity index (χ3v) is 3.62. The molecular weight excluding hydrogens is 302 g/mol. The van der Waals surface area contributed by atoms with Crippen molar-refractivity contribution in [2.75, 3.05) is 5.32 Å². The second-order valence-electron chi connectivity index (χ2n) is 5.41. The van der Waals surface area contributed by atoms with E-state index in [1.165, 1.54) is 6.08 Å². The number of aliphatic hydroxyl groups is 1. The number of hydrogen-bond acceptors (Lipinski definition) is 4. The van der Waals surface area contributed by atoms with Gasteiger partial charge in [-0.25, -0.2) is 4.98 Å². The summed E-state index contributed by atoms with van der Waals surface area (Å²) < 4.78 is 0. The zero-order valence-corrected chi connectivity index (χ0v) is 13.2. The van der Waals surface area contributed by atoms with E-state index in [4.69, 9.17) is 0 Å². The van der Waals surface area contributed by atoms with Crippen molar-refractivity contribution in [2.45, 2.75) is 13.5 Å². The molecule has 0 fully saturated rings. The molecule has 5 heteroatoms. The van der Waals surface area contributed by atoms with E-state index >= 15 is 0 Å². The predicted molar refractivity (Wildman–Crippen MR) is 94.3 cm³/mol. The van der Waals surface area contributed by atoms with E-state index in [-0.39, 0.29) is 12.5 Å². The summed E-state index contributed by atoms with van der Waals surface area (Å²) in [6, 6.07) is 13.0. The van der Waals surface area contributed by atoms with Crippen LogP contribution in [0.1, 0.15) is 16.8 Å². The Hall–Kier alpha value is -3.05. The van der Waals surface area contributed by atoms with Crippen LogP contribution in [0.3, 0.4) is 0 Å². The molecule has 0 aliphatic carbocycles. The molecule has 0 aliphatic heterocycles. The van der Waals surface area contributed by atoms with Gasteiger partial charge in [0.25, 0.3) is 0 Å². The van der Waals surface area contributed by atoms with Gasteiger partial charge in [0.1, 0.15) is 0 Å². The van der Waals surface area contributed by atoms with Gasteiger partial charge in [-0.3, -0.25) is 9.78 Å². The van der Waals surface area contributed by atoms with E-state index in [9.17, 15) is 9.90 Å². The highest BCUT2D eigenvalue weighted by molar-refractivity contribution is 6.02. The van der Waals surface area contributed by atoms with Crippen LogP contribution < -0.4 is 5.32 Å². The lowest BCUT2D eigenvalue weighted by atomic mass is 10.1. The third-order valence-electron chi connectivity index (χ3n) is 3.62. The average Bonchev–Trinajstić information content (AvgIpc) is 2.61. The van der Waals surface area contributed by atoms with Gasteiger partial charge in [-0.1, -0.05) is 24.3 Å². The number of nitrogens with one attached hydrogen (secondary N) is 1. The Bertz CT molecular complexity index is 919. The summed E-state index contributed by atoms with van der Waals surface area (Å²) in [4.78, 5) is 20.8. The van der Waals surface area contributed by atoms with Crippen LogP contribution >= 0.6 is 0 Å². The van der Waals surface area contributed by atoms with Crippen LogP contribution in [0.15, 0.2) is 54.7 Å². The Morgan fingerprint density at radius 1 is 1.21 bits per heavy atom. The molecule has 0 aliphatic rings. The average molecular weight is 319 g/mol. The number of fused-ring (bicyclic) bond motifs is 1. The van der Waals surface area contributed by atoms with Gasteiger partial charge in [-0.15, -0.1) is 0 Å². The Balaban J connectivity index is 1.74. The van der Waals surface area contributed by atoms with Crippen molar-refractivity contribution in [3.8, 4) is 0 Å². The summed E-state index contributed by atoms with van der Waals surface area (Å²) in [5, 5.41) is 12.0. The maximum absolute atomic E-state index is 12.1. The van der Waals surface area contributed by atoms with Crippen LogP contribution in [0, 0.1) is 6.92 Å². The second-order valence-corrected chi connectivity index (χ2v) is 5.41. The van der Waals surface area contributed by atoms with Crippen molar-refractivity contribution in [2.24, 2.45) is 0 Å². The van der Waals surface area contributed by atoms with Gasteiger partial charge in [0, 0.05) is 11.8 Å². The van der Waals surface area contributed by atoms with Gasteiger partial charge in [0.05, 0.1) is 29.5 Å².